The number of halogens is 1. The van der Waals surface area contributed by atoms with E-state index >= 15 is 0 Å². The van der Waals surface area contributed by atoms with Gasteiger partial charge in [-0.05, 0) is 18.2 Å². The predicted molar refractivity (Wildman–Crippen MR) is 66.9 cm³/mol. The summed E-state index contributed by atoms with van der Waals surface area (Å²) in [6, 6.07) is 3.59. The molecule has 0 saturated carbocycles. The summed E-state index contributed by atoms with van der Waals surface area (Å²) in [5.41, 5.74) is 0. The van der Waals surface area contributed by atoms with Gasteiger partial charge < -0.3 is 9.47 Å². The lowest BCUT2D eigenvalue weighted by Crippen LogP contribution is -2.52. The van der Waals surface area contributed by atoms with E-state index in [1.807, 2.05) is 0 Å². The van der Waals surface area contributed by atoms with Crippen LogP contribution in [-0.2, 0) is 24.3 Å². The first kappa shape index (κ1) is 14.9. The molecule has 0 N–H and O–H groups in total. The van der Waals surface area contributed by atoms with Gasteiger partial charge in [0.05, 0.1) is 25.2 Å². The molecule has 2 rings (SSSR count). The fourth-order valence-corrected chi connectivity index (χ4v) is 3.54. The number of morpholine rings is 1. The molecule has 0 aliphatic carbocycles. The summed E-state index contributed by atoms with van der Waals surface area (Å²) in [6.45, 7) is 0.0991. The molecule has 0 bridgehead atoms. The molecule has 1 aromatic carbocycles. The van der Waals surface area contributed by atoms with Crippen LogP contribution in [0, 0.1) is 5.82 Å². The van der Waals surface area contributed by atoms with Crippen molar-refractivity contribution in [3.63, 3.8) is 0 Å². The molecule has 1 aliphatic rings. The van der Waals surface area contributed by atoms with E-state index in [1.165, 1.54) is 19.2 Å². The summed E-state index contributed by atoms with van der Waals surface area (Å²) in [5, 5.41) is 0. The number of benzene rings is 1. The number of esters is 1. The maximum atomic E-state index is 13.2. The van der Waals surface area contributed by atoms with Crippen LogP contribution in [0.2, 0.25) is 0 Å². The number of hydrogen-bond acceptors (Lipinski definition) is 5. The Bertz CT molecular complexity index is 604. The molecular formula is C12H14FNO5S. The van der Waals surface area contributed by atoms with Gasteiger partial charge in [0.15, 0.2) is 0 Å². The van der Waals surface area contributed by atoms with E-state index in [1.54, 1.807) is 0 Å². The molecule has 0 radical (unpaired) electrons. The van der Waals surface area contributed by atoms with Gasteiger partial charge in [0.2, 0.25) is 10.0 Å². The summed E-state index contributed by atoms with van der Waals surface area (Å²) in [7, 11) is -2.81. The summed E-state index contributed by atoms with van der Waals surface area (Å²) in [5.74, 6) is -1.36. The van der Waals surface area contributed by atoms with Crippen LogP contribution >= 0.6 is 0 Å². The van der Waals surface area contributed by atoms with E-state index < -0.39 is 27.9 Å². The molecule has 1 heterocycles. The number of sulfonamides is 1. The van der Waals surface area contributed by atoms with Crippen LogP contribution in [0.5, 0.6) is 0 Å². The average molecular weight is 303 g/mol. The molecule has 110 valence electrons. The van der Waals surface area contributed by atoms with Crippen LogP contribution in [-0.4, -0.2) is 51.6 Å². The van der Waals surface area contributed by atoms with Crippen LogP contribution in [0.15, 0.2) is 29.2 Å². The Balaban J connectivity index is 2.38. The highest BCUT2D eigenvalue weighted by atomic mass is 32.2. The lowest BCUT2D eigenvalue weighted by molar-refractivity contribution is -0.149. The Morgan fingerprint density at radius 2 is 2.25 bits per heavy atom. The Kier molecular flexibility index (Phi) is 4.36. The maximum Gasteiger partial charge on any atom is 0.326 e. The molecule has 6 nitrogen and oxygen atoms in total. The Labute approximate surface area is 116 Å². The van der Waals surface area contributed by atoms with Gasteiger partial charge in [-0.25, -0.2) is 12.8 Å². The van der Waals surface area contributed by atoms with Crippen molar-refractivity contribution < 1.29 is 27.1 Å². The maximum absolute atomic E-state index is 13.2. The smallest absolute Gasteiger partial charge is 0.326 e. The minimum atomic E-state index is -3.98. The van der Waals surface area contributed by atoms with Gasteiger partial charge in [0.25, 0.3) is 0 Å². The number of ether oxygens (including phenoxy) is 2. The van der Waals surface area contributed by atoms with Crippen LogP contribution in [0.25, 0.3) is 0 Å². The van der Waals surface area contributed by atoms with E-state index in [0.29, 0.717) is 0 Å². The van der Waals surface area contributed by atoms with Crippen LogP contribution in [0.3, 0.4) is 0 Å². The second kappa shape index (κ2) is 5.86. The topological polar surface area (TPSA) is 72.9 Å². The third kappa shape index (κ3) is 2.82. The SMILES string of the molecule is COC(=O)C1COCCN1S(=O)(=O)c1cccc(F)c1. The monoisotopic (exact) mass is 303 g/mol. The second-order valence-electron chi connectivity index (χ2n) is 4.19. The Hall–Kier alpha value is -1.51. The van der Waals surface area contributed by atoms with Crippen molar-refractivity contribution in [3.05, 3.63) is 30.1 Å². The minimum absolute atomic E-state index is 0.0125. The average Bonchev–Trinajstić information content (AvgIpc) is 2.46. The molecule has 8 heteroatoms. The van der Waals surface area contributed by atoms with Crippen LogP contribution in [0.4, 0.5) is 4.39 Å². The fraction of sp³-hybridized carbons (Fsp3) is 0.417. The first-order chi connectivity index (χ1) is 9.46. The largest absolute Gasteiger partial charge is 0.468 e. The van der Waals surface area contributed by atoms with Gasteiger partial charge in [0.1, 0.15) is 11.9 Å². The number of rotatable bonds is 3. The van der Waals surface area contributed by atoms with E-state index in [-0.39, 0.29) is 24.7 Å². The third-order valence-corrected chi connectivity index (χ3v) is 4.86. The van der Waals surface area contributed by atoms with Crippen molar-refractivity contribution in [1.29, 1.82) is 0 Å². The number of nitrogens with zero attached hydrogens (tertiary/aromatic N) is 1. The first-order valence-corrected chi connectivity index (χ1v) is 7.34. The Morgan fingerprint density at radius 1 is 1.50 bits per heavy atom. The van der Waals surface area contributed by atoms with Gasteiger partial charge in [0, 0.05) is 6.54 Å². The summed E-state index contributed by atoms with van der Waals surface area (Å²) >= 11 is 0. The quantitative estimate of drug-likeness (QED) is 0.755. The van der Waals surface area contributed by atoms with Crippen LogP contribution < -0.4 is 0 Å². The lowest BCUT2D eigenvalue weighted by Gasteiger charge is -2.32. The highest BCUT2D eigenvalue weighted by molar-refractivity contribution is 7.89. The third-order valence-electron chi connectivity index (χ3n) is 2.96. The molecule has 0 aromatic heterocycles. The van der Waals surface area contributed by atoms with Gasteiger partial charge in [-0.3, -0.25) is 4.79 Å². The number of methoxy groups -OCH3 is 1. The number of carbonyl (C=O) groups is 1. The second-order valence-corrected chi connectivity index (χ2v) is 6.08. The normalized spacial score (nSPS) is 20.6. The molecular weight excluding hydrogens is 289 g/mol. The fourth-order valence-electron chi connectivity index (χ4n) is 1.96. The molecule has 0 amide bonds. The van der Waals surface area contributed by atoms with Crippen molar-refractivity contribution in [2.24, 2.45) is 0 Å². The van der Waals surface area contributed by atoms with Crippen LogP contribution in [0.1, 0.15) is 0 Å². The zero-order valence-corrected chi connectivity index (χ0v) is 11.6. The van der Waals surface area contributed by atoms with Gasteiger partial charge >= 0.3 is 5.97 Å². The molecule has 1 unspecified atom stereocenters. The zero-order valence-electron chi connectivity index (χ0n) is 10.8. The van der Waals surface area contributed by atoms with Gasteiger partial charge in [-0.2, -0.15) is 4.31 Å². The van der Waals surface area contributed by atoms with Crippen molar-refractivity contribution in [3.8, 4) is 0 Å². The summed E-state index contributed by atoms with van der Waals surface area (Å²) < 4.78 is 48.8. The zero-order chi connectivity index (χ0) is 14.8. The van der Waals surface area contributed by atoms with Crippen molar-refractivity contribution in [1.82, 2.24) is 4.31 Å². The molecule has 1 aromatic rings. The molecule has 1 saturated heterocycles. The lowest BCUT2D eigenvalue weighted by atomic mass is 10.3. The highest BCUT2D eigenvalue weighted by Gasteiger charge is 2.39. The van der Waals surface area contributed by atoms with E-state index in [4.69, 9.17) is 4.74 Å². The summed E-state index contributed by atoms with van der Waals surface area (Å²) in [6.07, 6.45) is 0. The van der Waals surface area contributed by atoms with Crippen molar-refractivity contribution in [2.75, 3.05) is 26.9 Å². The summed E-state index contributed by atoms with van der Waals surface area (Å²) in [4.78, 5) is 11.4. The van der Waals surface area contributed by atoms with Crippen molar-refractivity contribution >= 4 is 16.0 Å². The standard InChI is InChI=1S/C12H14FNO5S/c1-18-12(15)11-8-19-6-5-14(11)20(16,17)10-4-2-3-9(13)7-10/h2-4,7,11H,5-6,8H2,1H3. The molecule has 1 fully saturated rings. The highest BCUT2D eigenvalue weighted by Crippen LogP contribution is 2.21. The van der Waals surface area contributed by atoms with E-state index in [2.05, 4.69) is 4.74 Å². The van der Waals surface area contributed by atoms with Gasteiger partial charge in [-0.15, -0.1) is 0 Å². The number of carbonyl (C=O) groups excluding carboxylic acids is 1. The number of hydrogen-bond donors (Lipinski definition) is 0. The van der Waals surface area contributed by atoms with E-state index in [0.717, 1.165) is 16.4 Å². The molecule has 0 spiro atoms. The molecule has 20 heavy (non-hydrogen) atoms. The van der Waals surface area contributed by atoms with Crippen molar-refractivity contribution in [2.45, 2.75) is 10.9 Å². The van der Waals surface area contributed by atoms with E-state index in [9.17, 15) is 17.6 Å². The van der Waals surface area contributed by atoms with Gasteiger partial charge in [-0.1, -0.05) is 6.07 Å². The Morgan fingerprint density at radius 3 is 2.90 bits per heavy atom. The minimum Gasteiger partial charge on any atom is -0.468 e. The molecule has 1 atom stereocenters. The predicted octanol–water partition coefficient (Wildman–Crippen LogP) is 0.388. The molecule has 1 aliphatic heterocycles. The first-order valence-electron chi connectivity index (χ1n) is 5.90.